The fourth-order valence-corrected chi connectivity index (χ4v) is 1.98. The van der Waals surface area contributed by atoms with E-state index in [-0.39, 0.29) is 24.9 Å². The number of amides is 2. The molecule has 102 valence electrons. The number of nitrogens with one attached hydrogen (secondary N) is 1. The van der Waals surface area contributed by atoms with Crippen LogP contribution < -0.4 is 5.32 Å². The van der Waals surface area contributed by atoms with Crippen LogP contribution in [0.4, 0.5) is 5.69 Å². The van der Waals surface area contributed by atoms with E-state index < -0.39 is 0 Å². The Labute approximate surface area is 112 Å². The lowest BCUT2D eigenvalue weighted by Crippen LogP contribution is -2.51. The van der Waals surface area contributed by atoms with Crippen molar-refractivity contribution in [3.8, 4) is 0 Å². The Bertz CT molecular complexity index is 489. The summed E-state index contributed by atoms with van der Waals surface area (Å²) in [7, 11) is 1.64. The van der Waals surface area contributed by atoms with Crippen molar-refractivity contribution in [1.29, 1.82) is 0 Å². The normalized spacial score (nSPS) is 15.9. The zero-order valence-electron chi connectivity index (χ0n) is 11.2. The van der Waals surface area contributed by atoms with Gasteiger partial charge in [-0.1, -0.05) is 0 Å². The molecule has 0 atom stereocenters. The highest BCUT2D eigenvalue weighted by Gasteiger charge is 2.27. The van der Waals surface area contributed by atoms with Gasteiger partial charge in [0.1, 0.15) is 6.54 Å². The van der Waals surface area contributed by atoms with E-state index in [1.807, 2.05) is 19.1 Å². The second kappa shape index (κ2) is 5.69. The number of piperazine rings is 1. The Morgan fingerprint density at radius 2 is 2.11 bits per heavy atom. The molecule has 0 spiro atoms. The molecule has 2 heterocycles. The standard InChI is InChI=1S/C13H18N4O2/c1-3-14-10-4-5-15-11(6-10)7-17-9-12(18)16(2)8-13(17)19/h4-6H,3,7-9H2,1-2H3,(H,14,15). The first kappa shape index (κ1) is 13.3. The Kier molecular flexibility index (Phi) is 3.99. The van der Waals surface area contributed by atoms with Crippen molar-refractivity contribution in [2.24, 2.45) is 0 Å². The molecule has 19 heavy (non-hydrogen) atoms. The summed E-state index contributed by atoms with van der Waals surface area (Å²) in [6.45, 7) is 3.49. The number of carbonyl (C=O) groups is 2. The Hall–Kier alpha value is -2.11. The van der Waals surface area contributed by atoms with Gasteiger partial charge in [-0.2, -0.15) is 0 Å². The number of hydrogen-bond acceptors (Lipinski definition) is 4. The predicted octanol–water partition coefficient (Wildman–Crippen LogP) is 0.314. The number of anilines is 1. The molecule has 1 aromatic rings. The lowest BCUT2D eigenvalue weighted by molar-refractivity contribution is -0.149. The van der Waals surface area contributed by atoms with Gasteiger partial charge in [-0.3, -0.25) is 14.6 Å². The van der Waals surface area contributed by atoms with E-state index >= 15 is 0 Å². The van der Waals surface area contributed by atoms with E-state index in [1.165, 1.54) is 4.90 Å². The number of aromatic nitrogens is 1. The van der Waals surface area contributed by atoms with Gasteiger partial charge in [0.2, 0.25) is 11.8 Å². The summed E-state index contributed by atoms with van der Waals surface area (Å²) in [5.74, 6) is -0.0832. The molecular formula is C13H18N4O2. The average molecular weight is 262 g/mol. The van der Waals surface area contributed by atoms with Crippen LogP contribution in [-0.2, 0) is 16.1 Å². The fourth-order valence-electron chi connectivity index (χ4n) is 1.98. The molecular weight excluding hydrogens is 244 g/mol. The minimum atomic E-state index is -0.0437. The van der Waals surface area contributed by atoms with E-state index in [2.05, 4.69) is 10.3 Å². The first-order valence-corrected chi connectivity index (χ1v) is 6.30. The van der Waals surface area contributed by atoms with Gasteiger partial charge < -0.3 is 15.1 Å². The molecule has 0 radical (unpaired) electrons. The van der Waals surface area contributed by atoms with Crippen LogP contribution in [0.25, 0.3) is 0 Å². The highest BCUT2D eigenvalue weighted by molar-refractivity contribution is 5.92. The summed E-state index contributed by atoms with van der Waals surface area (Å²) in [6, 6.07) is 3.78. The molecule has 0 unspecified atom stereocenters. The van der Waals surface area contributed by atoms with Gasteiger partial charge >= 0.3 is 0 Å². The first-order valence-electron chi connectivity index (χ1n) is 6.30. The molecule has 1 aliphatic heterocycles. The second-order valence-corrected chi connectivity index (χ2v) is 4.57. The molecule has 0 aliphatic carbocycles. The minimum Gasteiger partial charge on any atom is -0.385 e. The van der Waals surface area contributed by atoms with Crippen LogP contribution in [0.15, 0.2) is 18.3 Å². The van der Waals surface area contributed by atoms with E-state index in [9.17, 15) is 9.59 Å². The zero-order valence-corrected chi connectivity index (χ0v) is 11.2. The lowest BCUT2D eigenvalue weighted by atomic mass is 10.2. The maximum atomic E-state index is 11.9. The Morgan fingerprint density at radius 3 is 2.84 bits per heavy atom. The summed E-state index contributed by atoms with van der Waals surface area (Å²) < 4.78 is 0. The van der Waals surface area contributed by atoms with Crippen molar-refractivity contribution in [2.75, 3.05) is 32.0 Å². The minimum absolute atomic E-state index is 0.0394. The molecule has 0 aromatic carbocycles. The summed E-state index contributed by atoms with van der Waals surface area (Å²) in [5, 5.41) is 3.19. The van der Waals surface area contributed by atoms with Crippen LogP contribution >= 0.6 is 0 Å². The van der Waals surface area contributed by atoms with Crippen molar-refractivity contribution in [3.05, 3.63) is 24.0 Å². The third-order valence-electron chi connectivity index (χ3n) is 3.03. The topological polar surface area (TPSA) is 65.5 Å². The number of carbonyl (C=O) groups excluding carboxylic acids is 2. The molecule has 0 saturated carbocycles. The fraction of sp³-hybridized carbons (Fsp3) is 0.462. The van der Waals surface area contributed by atoms with Crippen LogP contribution in [0.3, 0.4) is 0 Å². The molecule has 1 aliphatic rings. The molecule has 2 amide bonds. The quantitative estimate of drug-likeness (QED) is 0.848. The SMILES string of the molecule is CCNc1ccnc(CN2CC(=O)N(C)CC2=O)c1. The van der Waals surface area contributed by atoms with Gasteiger partial charge in [0.05, 0.1) is 18.8 Å². The molecule has 1 saturated heterocycles. The van der Waals surface area contributed by atoms with Crippen LogP contribution in [0.1, 0.15) is 12.6 Å². The predicted molar refractivity (Wildman–Crippen MR) is 71.5 cm³/mol. The van der Waals surface area contributed by atoms with Crippen molar-refractivity contribution >= 4 is 17.5 Å². The van der Waals surface area contributed by atoms with Gasteiger partial charge in [0, 0.05) is 25.5 Å². The van der Waals surface area contributed by atoms with Crippen LogP contribution in [0.2, 0.25) is 0 Å². The highest BCUT2D eigenvalue weighted by Crippen LogP contribution is 2.12. The number of likely N-dealkylation sites (N-methyl/N-ethyl adjacent to an activating group) is 1. The van der Waals surface area contributed by atoms with Crippen molar-refractivity contribution in [3.63, 3.8) is 0 Å². The van der Waals surface area contributed by atoms with Crippen LogP contribution in [-0.4, -0.2) is 53.3 Å². The van der Waals surface area contributed by atoms with Crippen LogP contribution in [0, 0.1) is 0 Å². The third kappa shape index (κ3) is 3.21. The number of hydrogen-bond donors (Lipinski definition) is 1. The average Bonchev–Trinajstić information content (AvgIpc) is 2.37. The number of rotatable bonds is 4. The third-order valence-corrected chi connectivity index (χ3v) is 3.03. The monoisotopic (exact) mass is 262 g/mol. The summed E-state index contributed by atoms with van der Waals surface area (Å²) in [5.41, 5.74) is 1.75. The van der Waals surface area contributed by atoms with E-state index in [4.69, 9.17) is 0 Å². The molecule has 0 bridgehead atoms. The van der Waals surface area contributed by atoms with Gasteiger partial charge in [-0.15, -0.1) is 0 Å². The second-order valence-electron chi connectivity index (χ2n) is 4.57. The summed E-state index contributed by atoms with van der Waals surface area (Å²) >= 11 is 0. The smallest absolute Gasteiger partial charge is 0.243 e. The largest absolute Gasteiger partial charge is 0.385 e. The van der Waals surface area contributed by atoms with Gasteiger partial charge in [0.15, 0.2) is 0 Å². The number of pyridine rings is 1. The maximum absolute atomic E-state index is 11.9. The van der Waals surface area contributed by atoms with Crippen molar-refractivity contribution in [1.82, 2.24) is 14.8 Å². The molecule has 6 nitrogen and oxygen atoms in total. The number of nitrogens with zero attached hydrogens (tertiary/aromatic N) is 3. The van der Waals surface area contributed by atoms with Crippen molar-refractivity contribution in [2.45, 2.75) is 13.5 Å². The molecule has 1 aromatic heterocycles. The van der Waals surface area contributed by atoms with Crippen LogP contribution in [0.5, 0.6) is 0 Å². The van der Waals surface area contributed by atoms with E-state index in [0.29, 0.717) is 6.54 Å². The van der Waals surface area contributed by atoms with Gasteiger partial charge in [0.25, 0.3) is 0 Å². The van der Waals surface area contributed by atoms with Gasteiger partial charge in [-0.05, 0) is 19.1 Å². The van der Waals surface area contributed by atoms with E-state index in [0.717, 1.165) is 17.9 Å². The van der Waals surface area contributed by atoms with Gasteiger partial charge in [-0.25, -0.2) is 0 Å². The Morgan fingerprint density at radius 1 is 1.32 bits per heavy atom. The molecule has 2 rings (SSSR count). The first-order chi connectivity index (χ1) is 9.10. The lowest BCUT2D eigenvalue weighted by Gasteiger charge is -2.31. The van der Waals surface area contributed by atoms with Crippen molar-refractivity contribution < 1.29 is 9.59 Å². The van der Waals surface area contributed by atoms with E-state index in [1.54, 1.807) is 18.1 Å². The Balaban J connectivity index is 2.06. The molecule has 1 fully saturated rings. The zero-order chi connectivity index (χ0) is 13.8. The molecule has 6 heteroatoms. The molecule has 1 N–H and O–H groups in total. The maximum Gasteiger partial charge on any atom is 0.243 e. The summed E-state index contributed by atoms with van der Waals surface area (Å²) in [4.78, 5) is 30.7. The highest BCUT2D eigenvalue weighted by atomic mass is 16.2. The summed E-state index contributed by atoms with van der Waals surface area (Å²) in [6.07, 6.45) is 1.70.